The van der Waals surface area contributed by atoms with Crippen molar-refractivity contribution in [3.8, 4) is 5.75 Å². The molecule has 0 aliphatic carbocycles. The Morgan fingerprint density at radius 3 is 2.88 bits per heavy atom. The maximum absolute atomic E-state index is 5.66. The van der Waals surface area contributed by atoms with Crippen LogP contribution in [0.15, 0.2) is 18.2 Å². The van der Waals surface area contributed by atoms with Crippen molar-refractivity contribution in [1.82, 2.24) is 0 Å². The quantitative estimate of drug-likeness (QED) is 0.603. The molecule has 0 saturated carbocycles. The number of thiocarbonyl (C=S) groups is 1. The van der Waals surface area contributed by atoms with E-state index in [4.69, 9.17) is 22.7 Å². The third-order valence-corrected chi connectivity index (χ3v) is 2.95. The van der Waals surface area contributed by atoms with Crippen LogP contribution in [-0.4, -0.2) is 30.7 Å². The molecule has 0 atom stereocenters. The highest BCUT2D eigenvalue weighted by atomic mass is 32.2. The number of benzene rings is 1. The van der Waals surface area contributed by atoms with E-state index in [1.807, 2.05) is 18.2 Å². The second-order valence-corrected chi connectivity index (χ2v) is 4.62. The van der Waals surface area contributed by atoms with E-state index in [0.717, 1.165) is 29.3 Å². The Balaban J connectivity index is 2.87. The van der Waals surface area contributed by atoms with Crippen LogP contribution in [-0.2, 0) is 0 Å². The lowest BCUT2D eigenvalue weighted by Crippen LogP contribution is -2.14. The zero-order valence-corrected chi connectivity index (χ0v) is 11.1. The normalized spacial score (nSPS) is 9.88. The van der Waals surface area contributed by atoms with Crippen molar-refractivity contribution in [3.63, 3.8) is 0 Å². The molecule has 1 aromatic rings. The fourth-order valence-electron chi connectivity index (χ4n) is 1.30. The number of thioether (sulfide) groups is 1. The second kappa shape index (κ2) is 6.60. The average molecular weight is 256 g/mol. The lowest BCUT2D eigenvalue weighted by molar-refractivity contribution is 0.415. The van der Waals surface area contributed by atoms with Gasteiger partial charge in [0, 0.05) is 29.6 Å². The number of nitrogens with two attached hydrogens (primary N) is 1. The van der Waals surface area contributed by atoms with Gasteiger partial charge in [0.15, 0.2) is 0 Å². The molecule has 0 spiro atoms. The molecule has 3 N–H and O–H groups in total. The summed E-state index contributed by atoms with van der Waals surface area (Å²) in [5.41, 5.74) is 7.45. The molecular weight excluding hydrogens is 240 g/mol. The van der Waals surface area contributed by atoms with Crippen molar-refractivity contribution >= 4 is 34.7 Å². The number of hydrogen-bond acceptors (Lipinski definition) is 4. The van der Waals surface area contributed by atoms with Gasteiger partial charge in [0.05, 0.1) is 7.11 Å². The molecule has 0 aliphatic heterocycles. The van der Waals surface area contributed by atoms with Crippen molar-refractivity contribution in [2.45, 2.75) is 0 Å². The molecular formula is C11H16N2OS2. The number of methoxy groups -OCH3 is 1. The van der Waals surface area contributed by atoms with E-state index in [1.54, 1.807) is 18.9 Å². The van der Waals surface area contributed by atoms with Crippen LogP contribution in [0.4, 0.5) is 5.69 Å². The number of rotatable bonds is 6. The van der Waals surface area contributed by atoms with E-state index in [1.165, 1.54) is 0 Å². The molecule has 0 saturated heterocycles. The standard InChI is InChI=1S/C11H16N2OS2/c1-14-8-3-4-9(11(12)15)10(7-8)13-5-6-16-2/h3-4,7,13H,5-6H2,1-2H3,(H2,12,15). The second-order valence-electron chi connectivity index (χ2n) is 3.20. The van der Waals surface area contributed by atoms with Crippen LogP contribution < -0.4 is 15.8 Å². The highest BCUT2D eigenvalue weighted by Gasteiger charge is 2.06. The minimum atomic E-state index is 0.398. The summed E-state index contributed by atoms with van der Waals surface area (Å²) in [5, 5.41) is 3.30. The third kappa shape index (κ3) is 3.57. The fourth-order valence-corrected chi connectivity index (χ4v) is 1.78. The molecule has 0 fully saturated rings. The summed E-state index contributed by atoms with van der Waals surface area (Å²) in [5.74, 6) is 1.83. The highest BCUT2D eigenvalue weighted by Crippen LogP contribution is 2.22. The maximum atomic E-state index is 5.66. The largest absolute Gasteiger partial charge is 0.497 e. The zero-order chi connectivity index (χ0) is 12.0. The smallest absolute Gasteiger partial charge is 0.120 e. The molecule has 1 aromatic carbocycles. The average Bonchev–Trinajstić information content (AvgIpc) is 2.29. The topological polar surface area (TPSA) is 47.3 Å². The van der Waals surface area contributed by atoms with Gasteiger partial charge in [0.2, 0.25) is 0 Å². The monoisotopic (exact) mass is 256 g/mol. The van der Waals surface area contributed by atoms with E-state index in [9.17, 15) is 0 Å². The Bertz CT molecular complexity index is 369. The van der Waals surface area contributed by atoms with Crippen molar-refractivity contribution in [2.75, 3.05) is 31.0 Å². The first-order valence-corrected chi connectivity index (χ1v) is 6.70. The van der Waals surface area contributed by atoms with Crippen molar-refractivity contribution in [1.29, 1.82) is 0 Å². The van der Waals surface area contributed by atoms with Crippen molar-refractivity contribution in [3.05, 3.63) is 23.8 Å². The SMILES string of the molecule is COc1ccc(C(N)=S)c(NCCSC)c1. The van der Waals surface area contributed by atoms with Gasteiger partial charge >= 0.3 is 0 Å². The molecule has 0 bridgehead atoms. The lowest BCUT2D eigenvalue weighted by Gasteiger charge is -2.12. The Kier molecular flexibility index (Phi) is 5.42. The van der Waals surface area contributed by atoms with Crippen LogP contribution in [0.25, 0.3) is 0 Å². The van der Waals surface area contributed by atoms with E-state index >= 15 is 0 Å². The first-order chi connectivity index (χ1) is 7.69. The summed E-state index contributed by atoms with van der Waals surface area (Å²) in [7, 11) is 1.64. The Labute approximate surface area is 106 Å². The fraction of sp³-hybridized carbons (Fsp3) is 0.364. The van der Waals surface area contributed by atoms with Gasteiger partial charge in [-0.1, -0.05) is 12.2 Å². The van der Waals surface area contributed by atoms with E-state index in [0.29, 0.717) is 4.99 Å². The molecule has 3 nitrogen and oxygen atoms in total. The van der Waals surface area contributed by atoms with Gasteiger partial charge in [-0.25, -0.2) is 0 Å². The number of nitrogens with one attached hydrogen (secondary N) is 1. The molecule has 0 amide bonds. The van der Waals surface area contributed by atoms with E-state index in [-0.39, 0.29) is 0 Å². The predicted molar refractivity (Wildman–Crippen MR) is 75.8 cm³/mol. The Morgan fingerprint density at radius 2 is 2.31 bits per heavy atom. The van der Waals surface area contributed by atoms with Crippen LogP contribution in [0.5, 0.6) is 5.75 Å². The predicted octanol–water partition coefficient (Wildman–Crippen LogP) is 2.10. The minimum Gasteiger partial charge on any atom is -0.497 e. The molecule has 0 aromatic heterocycles. The van der Waals surface area contributed by atoms with Crippen LogP contribution in [0, 0.1) is 0 Å². The van der Waals surface area contributed by atoms with Gasteiger partial charge in [-0.3, -0.25) is 0 Å². The summed E-state index contributed by atoms with van der Waals surface area (Å²) < 4.78 is 5.17. The molecule has 0 radical (unpaired) electrons. The van der Waals surface area contributed by atoms with Crippen LogP contribution in [0.2, 0.25) is 0 Å². The van der Waals surface area contributed by atoms with Crippen molar-refractivity contribution in [2.24, 2.45) is 5.73 Å². The zero-order valence-electron chi connectivity index (χ0n) is 9.45. The molecule has 0 heterocycles. The summed E-state index contributed by atoms with van der Waals surface area (Å²) >= 11 is 6.79. The Hall–Kier alpha value is -0.940. The van der Waals surface area contributed by atoms with Gasteiger partial charge in [0.1, 0.15) is 10.7 Å². The number of ether oxygens (including phenoxy) is 1. The first-order valence-electron chi connectivity index (χ1n) is 4.89. The minimum absolute atomic E-state index is 0.398. The molecule has 0 aliphatic rings. The molecule has 88 valence electrons. The molecule has 0 unspecified atom stereocenters. The summed E-state index contributed by atoms with van der Waals surface area (Å²) in [6, 6.07) is 5.64. The number of hydrogen-bond donors (Lipinski definition) is 2. The highest BCUT2D eigenvalue weighted by molar-refractivity contribution is 7.98. The van der Waals surface area contributed by atoms with Gasteiger partial charge < -0.3 is 15.8 Å². The maximum Gasteiger partial charge on any atom is 0.120 e. The van der Waals surface area contributed by atoms with Gasteiger partial charge in [0.25, 0.3) is 0 Å². The summed E-state index contributed by atoms with van der Waals surface area (Å²) in [6.45, 7) is 0.879. The lowest BCUT2D eigenvalue weighted by atomic mass is 10.1. The summed E-state index contributed by atoms with van der Waals surface area (Å²) in [4.78, 5) is 0.398. The van der Waals surface area contributed by atoms with Crippen LogP contribution >= 0.6 is 24.0 Å². The van der Waals surface area contributed by atoms with E-state index < -0.39 is 0 Å². The summed E-state index contributed by atoms with van der Waals surface area (Å²) in [6.07, 6.45) is 2.07. The van der Waals surface area contributed by atoms with E-state index in [2.05, 4.69) is 11.6 Å². The molecule has 16 heavy (non-hydrogen) atoms. The van der Waals surface area contributed by atoms with Gasteiger partial charge in [-0.05, 0) is 18.4 Å². The third-order valence-electron chi connectivity index (χ3n) is 2.11. The molecule has 1 rings (SSSR count). The Morgan fingerprint density at radius 1 is 1.56 bits per heavy atom. The van der Waals surface area contributed by atoms with Crippen molar-refractivity contribution < 1.29 is 4.74 Å². The molecule has 5 heteroatoms. The van der Waals surface area contributed by atoms with Crippen LogP contribution in [0.3, 0.4) is 0 Å². The van der Waals surface area contributed by atoms with Gasteiger partial charge in [-0.2, -0.15) is 11.8 Å². The van der Waals surface area contributed by atoms with Gasteiger partial charge in [-0.15, -0.1) is 0 Å². The number of anilines is 1. The first kappa shape index (κ1) is 13.1. The van der Waals surface area contributed by atoms with Crippen LogP contribution in [0.1, 0.15) is 5.56 Å².